The molecule has 0 fully saturated rings. The predicted molar refractivity (Wildman–Crippen MR) is 206 cm³/mol. The SMILES string of the molecule is CC(C)[C@H](NC(=O)[C@H](CC(=O)O)NC(=O)[C@H](Cc1ccc([N+](=O)[O-])cc1)NC(=O)[C@@H](C)NC(=O)[C@@H](N)Cc1ccc(O)cc1)C(=O)N[C@H](C(=O)NCC(N)=O)C(C)C. The van der Waals surface area contributed by atoms with Crippen LogP contribution in [0.5, 0.6) is 5.75 Å². The molecule has 21 heteroatoms. The third-order valence-electron chi connectivity index (χ3n) is 8.64. The number of hydrogen-bond acceptors (Lipinski definition) is 12. The van der Waals surface area contributed by atoms with Gasteiger partial charge < -0.3 is 53.6 Å². The summed E-state index contributed by atoms with van der Waals surface area (Å²) in [5.41, 5.74) is 11.8. The number of non-ortho nitro benzene ring substituents is 1. The fraction of sp³-hybridized carbons (Fsp3) is 0.459. The molecule has 0 heterocycles. The van der Waals surface area contributed by atoms with Crippen LogP contribution in [0.25, 0.3) is 0 Å². The summed E-state index contributed by atoms with van der Waals surface area (Å²) in [6.07, 6.45) is -1.23. The van der Waals surface area contributed by atoms with Gasteiger partial charge in [0.25, 0.3) is 5.69 Å². The van der Waals surface area contributed by atoms with Gasteiger partial charge in [-0.1, -0.05) is 52.0 Å². The Labute approximate surface area is 333 Å². The quantitative estimate of drug-likeness (QED) is 0.0466. The van der Waals surface area contributed by atoms with Gasteiger partial charge >= 0.3 is 5.97 Å². The molecule has 0 saturated carbocycles. The molecule has 12 N–H and O–H groups in total. The number of amides is 7. The third kappa shape index (κ3) is 15.5. The fourth-order valence-electron chi connectivity index (χ4n) is 5.37. The van der Waals surface area contributed by atoms with E-state index in [1.807, 2.05) is 0 Å². The van der Waals surface area contributed by atoms with Crippen LogP contribution in [0.4, 0.5) is 5.69 Å². The molecule has 6 atom stereocenters. The zero-order chi connectivity index (χ0) is 43.9. The summed E-state index contributed by atoms with van der Waals surface area (Å²) in [6.45, 7) is 7.17. The van der Waals surface area contributed by atoms with E-state index in [2.05, 4.69) is 31.9 Å². The summed E-state index contributed by atoms with van der Waals surface area (Å²) in [6, 6.07) is 2.66. The van der Waals surface area contributed by atoms with Crippen molar-refractivity contribution in [3.63, 3.8) is 0 Å². The van der Waals surface area contributed by atoms with Crippen LogP contribution in [-0.4, -0.2) is 105 Å². The summed E-state index contributed by atoms with van der Waals surface area (Å²) in [5, 5.41) is 44.8. The van der Waals surface area contributed by atoms with Gasteiger partial charge in [-0.2, -0.15) is 0 Å². The van der Waals surface area contributed by atoms with Crippen LogP contribution < -0.4 is 43.4 Å². The number of nitrogens with zero attached hydrogens (tertiary/aromatic N) is 1. The van der Waals surface area contributed by atoms with E-state index in [9.17, 15) is 58.7 Å². The average Bonchev–Trinajstić information content (AvgIpc) is 3.14. The van der Waals surface area contributed by atoms with Gasteiger partial charge in [0, 0.05) is 18.6 Å². The molecule has 0 aliphatic carbocycles. The molecule has 7 amide bonds. The second-order valence-electron chi connectivity index (χ2n) is 14.2. The molecule has 0 spiro atoms. The smallest absolute Gasteiger partial charge is 0.305 e. The van der Waals surface area contributed by atoms with Crippen molar-refractivity contribution < 1.29 is 53.5 Å². The Morgan fingerprint density at radius 3 is 1.66 bits per heavy atom. The Morgan fingerprint density at radius 1 is 0.655 bits per heavy atom. The van der Waals surface area contributed by atoms with Crippen molar-refractivity contribution in [2.75, 3.05) is 6.54 Å². The molecule has 58 heavy (non-hydrogen) atoms. The Balaban J connectivity index is 2.31. The molecule has 21 nitrogen and oxygen atoms in total. The van der Waals surface area contributed by atoms with Gasteiger partial charge in [-0.3, -0.25) is 48.5 Å². The van der Waals surface area contributed by atoms with Crippen molar-refractivity contribution in [1.82, 2.24) is 31.9 Å². The zero-order valence-electron chi connectivity index (χ0n) is 32.6. The van der Waals surface area contributed by atoms with Crippen LogP contribution >= 0.6 is 0 Å². The Kier molecular flexibility index (Phi) is 18.2. The standard InChI is InChI=1S/C37H51N9O12/c1-18(2)30(36(55)40-17-28(39)48)45-37(56)31(19(3)4)44-35(54)27(16-29(49)50)43-34(53)26(15-22-6-10-23(11-7-22)46(57)58)42-32(51)20(5)41-33(52)25(38)14-21-8-12-24(47)13-9-21/h6-13,18-20,25-27,30-31,47H,14-17,38H2,1-5H3,(H2,39,48)(H,40,55)(H,41,52)(H,42,51)(H,43,53)(H,44,54)(H,45,56)(H,49,50)/t20-,25+,26+,27+,30+,31+/m1/s1. The third-order valence-corrected chi connectivity index (χ3v) is 8.64. The summed E-state index contributed by atoms with van der Waals surface area (Å²) in [4.78, 5) is 113. The van der Waals surface area contributed by atoms with Gasteiger partial charge in [-0.05, 0) is 48.4 Å². The Morgan fingerprint density at radius 2 is 1.14 bits per heavy atom. The van der Waals surface area contributed by atoms with Crippen LogP contribution in [0.1, 0.15) is 52.2 Å². The van der Waals surface area contributed by atoms with Gasteiger partial charge in [0.15, 0.2) is 0 Å². The molecule has 0 bridgehead atoms. The molecule has 0 saturated heterocycles. The number of hydrogen-bond donors (Lipinski definition) is 10. The van der Waals surface area contributed by atoms with E-state index in [0.29, 0.717) is 11.1 Å². The first kappa shape index (κ1) is 47.5. The maximum atomic E-state index is 13.8. The van der Waals surface area contributed by atoms with Gasteiger partial charge in [0.2, 0.25) is 41.4 Å². The molecule has 316 valence electrons. The highest BCUT2D eigenvalue weighted by Crippen LogP contribution is 2.15. The predicted octanol–water partition coefficient (Wildman–Crippen LogP) is -1.75. The number of carboxylic acids is 1. The molecular formula is C37H51N9O12. The number of rotatable bonds is 22. The van der Waals surface area contributed by atoms with Crippen LogP contribution in [0.2, 0.25) is 0 Å². The Bertz CT molecular complexity index is 1820. The van der Waals surface area contributed by atoms with Gasteiger partial charge in [-0.15, -0.1) is 0 Å². The number of nitro groups is 1. The number of carbonyl (C=O) groups is 8. The first-order chi connectivity index (χ1) is 27.1. The van der Waals surface area contributed by atoms with Gasteiger partial charge in [0.05, 0.1) is 23.9 Å². The number of aromatic hydroxyl groups is 1. The molecule has 0 unspecified atom stereocenters. The van der Waals surface area contributed by atoms with E-state index in [1.54, 1.807) is 39.8 Å². The minimum absolute atomic E-state index is 0.0134. The van der Waals surface area contributed by atoms with Crippen LogP contribution in [0, 0.1) is 22.0 Å². The first-order valence-electron chi connectivity index (χ1n) is 18.2. The summed E-state index contributed by atoms with van der Waals surface area (Å²) in [5.74, 6) is -8.78. The van der Waals surface area contributed by atoms with E-state index < -0.39 is 113 Å². The number of phenols is 1. The monoisotopic (exact) mass is 813 g/mol. The van der Waals surface area contributed by atoms with E-state index in [0.717, 1.165) is 12.1 Å². The number of phenolic OH excluding ortho intramolecular Hbond substituents is 1. The van der Waals surface area contributed by atoms with Crippen molar-refractivity contribution in [1.29, 1.82) is 0 Å². The lowest BCUT2D eigenvalue weighted by Gasteiger charge is -2.29. The molecule has 2 aromatic rings. The van der Waals surface area contributed by atoms with Crippen molar-refractivity contribution in [3.05, 3.63) is 69.8 Å². The molecule has 0 radical (unpaired) electrons. The number of carbonyl (C=O) groups excluding carboxylic acids is 7. The second kappa shape index (κ2) is 22.2. The molecule has 0 aromatic heterocycles. The molecule has 2 rings (SSSR count). The largest absolute Gasteiger partial charge is 0.508 e. The lowest BCUT2D eigenvalue weighted by atomic mass is 9.99. The average molecular weight is 814 g/mol. The van der Waals surface area contributed by atoms with E-state index >= 15 is 0 Å². The zero-order valence-corrected chi connectivity index (χ0v) is 32.6. The lowest BCUT2D eigenvalue weighted by Crippen LogP contribution is -2.61. The van der Waals surface area contributed by atoms with Crippen LogP contribution in [0.3, 0.4) is 0 Å². The number of aliphatic carboxylic acids is 1. The summed E-state index contributed by atoms with van der Waals surface area (Å²) in [7, 11) is 0. The van der Waals surface area contributed by atoms with Gasteiger partial charge in [-0.25, -0.2) is 0 Å². The van der Waals surface area contributed by atoms with Crippen molar-refractivity contribution in [2.24, 2.45) is 23.3 Å². The minimum atomic E-state index is -1.81. The van der Waals surface area contributed by atoms with Crippen LogP contribution in [0.15, 0.2) is 48.5 Å². The molecular weight excluding hydrogens is 762 g/mol. The number of primary amides is 1. The topological polar surface area (TPSA) is 344 Å². The van der Waals surface area contributed by atoms with E-state index in [4.69, 9.17) is 11.5 Å². The van der Waals surface area contributed by atoms with Gasteiger partial charge in [0.1, 0.15) is 36.0 Å². The number of nitro benzene ring substituents is 1. The van der Waals surface area contributed by atoms with Crippen molar-refractivity contribution in [2.45, 2.75) is 90.1 Å². The highest BCUT2D eigenvalue weighted by Gasteiger charge is 2.35. The summed E-state index contributed by atoms with van der Waals surface area (Å²) >= 11 is 0. The maximum absolute atomic E-state index is 13.8. The molecule has 0 aliphatic heterocycles. The second-order valence-corrected chi connectivity index (χ2v) is 14.2. The number of nitrogens with one attached hydrogen (secondary N) is 6. The van der Waals surface area contributed by atoms with Crippen molar-refractivity contribution >= 4 is 53.0 Å². The number of benzene rings is 2. The fourth-order valence-corrected chi connectivity index (χ4v) is 5.37. The number of nitrogens with two attached hydrogens (primary N) is 2. The molecule has 2 aromatic carbocycles. The minimum Gasteiger partial charge on any atom is -0.508 e. The van der Waals surface area contributed by atoms with Crippen molar-refractivity contribution in [3.8, 4) is 5.75 Å². The lowest BCUT2D eigenvalue weighted by molar-refractivity contribution is -0.384. The highest BCUT2D eigenvalue weighted by atomic mass is 16.6. The normalized spacial score (nSPS) is 14.1. The first-order valence-corrected chi connectivity index (χ1v) is 18.2. The van der Waals surface area contributed by atoms with E-state index in [-0.39, 0.29) is 24.3 Å². The van der Waals surface area contributed by atoms with E-state index in [1.165, 1.54) is 31.2 Å². The van der Waals surface area contributed by atoms with Crippen LogP contribution in [-0.2, 0) is 51.2 Å². The number of carboxylic acid groups (broad SMARTS) is 1. The molecule has 0 aliphatic rings. The Hall–Kier alpha value is -6.64. The summed E-state index contributed by atoms with van der Waals surface area (Å²) < 4.78 is 0. The highest BCUT2D eigenvalue weighted by molar-refractivity contribution is 5.98. The maximum Gasteiger partial charge on any atom is 0.305 e.